The fourth-order valence-electron chi connectivity index (χ4n) is 2.21. The number of aliphatic carboxylic acids is 1. The average molecular weight is 299 g/mol. The summed E-state index contributed by atoms with van der Waals surface area (Å²) in [7, 11) is 0. The second kappa shape index (κ2) is 5.40. The molecule has 0 radical (unpaired) electrons. The Kier molecular flexibility index (Phi) is 3.42. The van der Waals surface area contributed by atoms with E-state index in [-0.39, 0.29) is 12.4 Å². The number of para-hydroxylation sites is 1. The Morgan fingerprint density at radius 2 is 2.14 bits per heavy atom. The molecule has 2 aromatic rings. The molecule has 1 aromatic carbocycles. The molecule has 0 aliphatic carbocycles. The Labute approximate surface area is 125 Å². The Hall–Kier alpha value is -3.03. The number of hydrogen-bond acceptors (Lipinski definition) is 6. The number of fused-ring (bicyclic) bond motifs is 1. The van der Waals surface area contributed by atoms with E-state index >= 15 is 0 Å². The van der Waals surface area contributed by atoms with Gasteiger partial charge in [-0.05, 0) is 13.0 Å². The number of anilines is 1. The number of carbonyl (C=O) groups is 2. The first-order chi connectivity index (χ1) is 10.5. The number of aliphatic imine (C=N–C) groups is 1. The van der Waals surface area contributed by atoms with Crippen LogP contribution < -0.4 is 10.6 Å². The van der Waals surface area contributed by atoms with Crippen molar-refractivity contribution in [3.8, 4) is 0 Å². The van der Waals surface area contributed by atoms with Gasteiger partial charge >= 0.3 is 5.97 Å². The van der Waals surface area contributed by atoms with Crippen LogP contribution in [-0.4, -0.2) is 39.0 Å². The molecule has 3 rings (SSSR count). The first-order valence-corrected chi connectivity index (χ1v) is 6.64. The molecular weight excluding hydrogens is 286 g/mol. The SMILES string of the molecule is Cc1nc(NC2=N[C@H](CC(=O)O)C(=O)N2)nc2ccccc12. The smallest absolute Gasteiger partial charge is 0.306 e. The zero-order valence-electron chi connectivity index (χ0n) is 11.7. The van der Waals surface area contributed by atoms with Crippen LogP contribution >= 0.6 is 0 Å². The fourth-order valence-corrected chi connectivity index (χ4v) is 2.21. The second-order valence-electron chi connectivity index (χ2n) is 4.86. The maximum atomic E-state index is 11.6. The molecule has 0 spiro atoms. The molecule has 0 fully saturated rings. The quantitative estimate of drug-likeness (QED) is 0.767. The highest BCUT2D eigenvalue weighted by Crippen LogP contribution is 2.17. The number of hydrogen-bond donors (Lipinski definition) is 3. The Bertz CT molecular complexity index is 802. The molecule has 1 atom stereocenters. The van der Waals surface area contributed by atoms with Crippen molar-refractivity contribution in [1.29, 1.82) is 0 Å². The highest BCUT2D eigenvalue weighted by atomic mass is 16.4. The third-order valence-corrected chi connectivity index (χ3v) is 3.22. The summed E-state index contributed by atoms with van der Waals surface area (Å²) in [6.45, 7) is 1.86. The van der Waals surface area contributed by atoms with Crippen LogP contribution in [0.15, 0.2) is 29.3 Å². The van der Waals surface area contributed by atoms with Crippen molar-refractivity contribution in [3.05, 3.63) is 30.0 Å². The van der Waals surface area contributed by atoms with E-state index in [1.54, 1.807) is 0 Å². The van der Waals surface area contributed by atoms with Gasteiger partial charge in [-0.2, -0.15) is 0 Å². The number of carboxylic acids is 1. The Balaban J connectivity index is 1.84. The summed E-state index contributed by atoms with van der Waals surface area (Å²) in [4.78, 5) is 34.9. The predicted molar refractivity (Wildman–Crippen MR) is 79.5 cm³/mol. The van der Waals surface area contributed by atoms with Crippen molar-refractivity contribution in [3.63, 3.8) is 0 Å². The average Bonchev–Trinajstić information content (AvgIpc) is 2.78. The van der Waals surface area contributed by atoms with Gasteiger partial charge in [0, 0.05) is 5.39 Å². The molecule has 8 heteroatoms. The lowest BCUT2D eigenvalue weighted by atomic mass is 10.2. The number of rotatable bonds is 3. The molecule has 22 heavy (non-hydrogen) atoms. The number of aryl methyl sites for hydroxylation is 1. The van der Waals surface area contributed by atoms with E-state index in [1.807, 2.05) is 31.2 Å². The van der Waals surface area contributed by atoms with Crippen LogP contribution in [0.5, 0.6) is 0 Å². The number of aromatic nitrogens is 2. The summed E-state index contributed by atoms with van der Waals surface area (Å²) in [5.74, 6) is -1.08. The van der Waals surface area contributed by atoms with Gasteiger partial charge in [-0.25, -0.2) is 15.0 Å². The van der Waals surface area contributed by atoms with Gasteiger partial charge in [0.15, 0.2) is 0 Å². The molecule has 2 heterocycles. The summed E-state index contributed by atoms with van der Waals surface area (Å²) in [6, 6.07) is 6.63. The predicted octanol–water partition coefficient (Wildman–Crippen LogP) is 0.679. The third-order valence-electron chi connectivity index (χ3n) is 3.22. The number of carbonyl (C=O) groups excluding carboxylic acids is 1. The Morgan fingerprint density at radius 3 is 2.91 bits per heavy atom. The van der Waals surface area contributed by atoms with Crippen LogP contribution in [0.4, 0.5) is 5.95 Å². The number of nitrogens with zero attached hydrogens (tertiary/aromatic N) is 3. The van der Waals surface area contributed by atoms with E-state index in [9.17, 15) is 9.59 Å². The van der Waals surface area contributed by atoms with Crippen molar-refractivity contribution < 1.29 is 14.7 Å². The highest BCUT2D eigenvalue weighted by molar-refractivity contribution is 6.10. The highest BCUT2D eigenvalue weighted by Gasteiger charge is 2.28. The maximum Gasteiger partial charge on any atom is 0.306 e. The molecule has 1 aromatic heterocycles. The molecule has 0 saturated heterocycles. The molecule has 0 unspecified atom stereocenters. The first kappa shape index (κ1) is 13.9. The zero-order valence-corrected chi connectivity index (χ0v) is 11.7. The van der Waals surface area contributed by atoms with Crippen molar-refractivity contribution in [2.24, 2.45) is 4.99 Å². The minimum atomic E-state index is -1.08. The van der Waals surface area contributed by atoms with E-state index in [4.69, 9.17) is 5.11 Å². The summed E-state index contributed by atoms with van der Waals surface area (Å²) >= 11 is 0. The van der Waals surface area contributed by atoms with Crippen molar-refractivity contribution >= 4 is 34.7 Å². The molecule has 0 saturated carbocycles. The van der Waals surface area contributed by atoms with Gasteiger partial charge in [0.2, 0.25) is 11.9 Å². The summed E-state index contributed by atoms with van der Waals surface area (Å²) < 4.78 is 0. The van der Waals surface area contributed by atoms with Crippen LogP contribution in [0.25, 0.3) is 10.9 Å². The normalized spacial score (nSPS) is 17.2. The van der Waals surface area contributed by atoms with Crippen LogP contribution in [0.1, 0.15) is 12.1 Å². The molecule has 112 valence electrons. The maximum absolute atomic E-state index is 11.6. The van der Waals surface area contributed by atoms with Crippen molar-refractivity contribution in [2.75, 3.05) is 5.32 Å². The topological polar surface area (TPSA) is 117 Å². The lowest BCUT2D eigenvalue weighted by Crippen LogP contribution is -2.33. The van der Waals surface area contributed by atoms with Crippen LogP contribution in [0.2, 0.25) is 0 Å². The minimum Gasteiger partial charge on any atom is -0.481 e. The summed E-state index contributed by atoms with van der Waals surface area (Å²) in [5.41, 5.74) is 1.56. The largest absolute Gasteiger partial charge is 0.481 e. The standard InChI is InChI=1S/C14H13N5O3/c1-7-8-4-2-3-5-9(8)16-13(15-7)19-14-17-10(6-11(20)21)12(22)18-14/h2-5,10H,6H2,1H3,(H,20,21)(H2,15,16,17,18,19,22)/t10-/m1/s1. The van der Waals surface area contributed by atoms with Gasteiger partial charge in [0.05, 0.1) is 17.6 Å². The van der Waals surface area contributed by atoms with Crippen molar-refractivity contribution in [1.82, 2.24) is 15.3 Å². The molecule has 3 N–H and O–H groups in total. The van der Waals surface area contributed by atoms with E-state index in [0.29, 0.717) is 5.95 Å². The zero-order chi connectivity index (χ0) is 15.7. The van der Waals surface area contributed by atoms with E-state index in [0.717, 1.165) is 16.6 Å². The molecule has 0 bridgehead atoms. The summed E-state index contributed by atoms with van der Waals surface area (Å²) in [5, 5.41) is 15.0. The molecule has 1 aliphatic heterocycles. The van der Waals surface area contributed by atoms with Gasteiger partial charge in [-0.1, -0.05) is 18.2 Å². The van der Waals surface area contributed by atoms with Gasteiger partial charge in [-0.15, -0.1) is 0 Å². The van der Waals surface area contributed by atoms with E-state index in [1.165, 1.54) is 0 Å². The second-order valence-corrected chi connectivity index (χ2v) is 4.86. The van der Waals surface area contributed by atoms with Gasteiger partial charge < -0.3 is 5.11 Å². The lowest BCUT2D eigenvalue weighted by Gasteiger charge is -2.07. The fraction of sp³-hybridized carbons (Fsp3) is 0.214. The number of benzene rings is 1. The van der Waals surface area contributed by atoms with Crippen LogP contribution in [0.3, 0.4) is 0 Å². The van der Waals surface area contributed by atoms with Crippen molar-refractivity contribution in [2.45, 2.75) is 19.4 Å². The molecule has 1 amide bonds. The molecular formula is C14H13N5O3. The first-order valence-electron chi connectivity index (χ1n) is 6.64. The van der Waals surface area contributed by atoms with Gasteiger partial charge in [-0.3, -0.25) is 20.2 Å². The number of nitrogens with one attached hydrogen (secondary N) is 2. The van der Waals surface area contributed by atoms with E-state index < -0.39 is 17.9 Å². The van der Waals surface area contributed by atoms with E-state index in [2.05, 4.69) is 25.6 Å². The number of amides is 1. The monoisotopic (exact) mass is 299 g/mol. The van der Waals surface area contributed by atoms with Crippen LogP contribution in [-0.2, 0) is 9.59 Å². The lowest BCUT2D eigenvalue weighted by molar-refractivity contribution is -0.139. The third kappa shape index (κ3) is 2.71. The minimum absolute atomic E-state index is 0.158. The van der Waals surface area contributed by atoms with Crippen LogP contribution in [0, 0.1) is 6.92 Å². The molecule has 1 aliphatic rings. The molecule has 8 nitrogen and oxygen atoms in total. The number of guanidine groups is 1. The van der Waals surface area contributed by atoms with Gasteiger partial charge in [0.1, 0.15) is 6.04 Å². The van der Waals surface area contributed by atoms with Gasteiger partial charge in [0.25, 0.3) is 5.91 Å². The number of carboxylic acid groups (broad SMARTS) is 1. The summed E-state index contributed by atoms with van der Waals surface area (Å²) in [6.07, 6.45) is -0.353. The Morgan fingerprint density at radius 1 is 1.36 bits per heavy atom.